The lowest BCUT2D eigenvalue weighted by Gasteiger charge is -2.18. The Labute approximate surface area is 189 Å². The van der Waals surface area contributed by atoms with Gasteiger partial charge < -0.3 is 14.0 Å². The fourth-order valence-electron chi connectivity index (χ4n) is 3.78. The molecular formula is C25H22F3N3O2. The highest BCUT2D eigenvalue weighted by Gasteiger charge is 2.35. The number of pyridine rings is 1. The van der Waals surface area contributed by atoms with Crippen LogP contribution >= 0.6 is 0 Å². The lowest BCUT2D eigenvalue weighted by atomic mass is 9.95. The maximum Gasteiger partial charge on any atom is 0.419 e. The Balaban J connectivity index is 1.78. The van der Waals surface area contributed by atoms with E-state index < -0.39 is 11.7 Å². The van der Waals surface area contributed by atoms with Gasteiger partial charge in [-0.15, -0.1) is 0 Å². The van der Waals surface area contributed by atoms with E-state index in [0.29, 0.717) is 23.4 Å². The molecule has 0 aliphatic rings. The van der Waals surface area contributed by atoms with Gasteiger partial charge in [0.15, 0.2) is 0 Å². The molecule has 0 spiro atoms. The van der Waals surface area contributed by atoms with E-state index >= 15 is 0 Å². The van der Waals surface area contributed by atoms with Gasteiger partial charge in [-0.25, -0.2) is 4.98 Å². The lowest BCUT2D eigenvalue weighted by Crippen LogP contribution is -2.08. The Morgan fingerprint density at radius 1 is 0.879 bits per heavy atom. The number of nitrogens with zero attached hydrogens (tertiary/aromatic N) is 3. The summed E-state index contributed by atoms with van der Waals surface area (Å²) < 4.78 is 53.4. The standard InChI is InChI=1S/C25H22F3N3O2/c1-16-4-5-17(15-31-11-10-30-24(31)18-6-8-29-9-7-18)12-19(16)20-13-21(25(26,27)28)23(33-3)14-22(20)32-2/h4-14H,15H2,1-3H3. The molecular weight excluding hydrogens is 431 g/mol. The summed E-state index contributed by atoms with van der Waals surface area (Å²) in [4.78, 5) is 8.48. The first-order valence-corrected chi connectivity index (χ1v) is 10.2. The smallest absolute Gasteiger partial charge is 0.419 e. The SMILES string of the molecule is COc1cc(OC)c(C(F)(F)F)cc1-c1cc(Cn2ccnc2-c2ccncc2)ccc1C. The van der Waals surface area contributed by atoms with Crippen LogP contribution < -0.4 is 9.47 Å². The quantitative estimate of drug-likeness (QED) is 0.359. The fraction of sp³-hybridized carbons (Fsp3) is 0.200. The van der Waals surface area contributed by atoms with E-state index in [1.165, 1.54) is 20.3 Å². The molecule has 8 heteroatoms. The second-order valence-corrected chi connectivity index (χ2v) is 7.51. The molecule has 0 atom stereocenters. The zero-order valence-corrected chi connectivity index (χ0v) is 18.3. The Morgan fingerprint density at radius 3 is 2.27 bits per heavy atom. The van der Waals surface area contributed by atoms with Crippen molar-refractivity contribution < 1.29 is 22.6 Å². The number of alkyl halides is 3. The normalized spacial score (nSPS) is 11.5. The molecule has 0 N–H and O–H groups in total. The minimum absolute atomic E-state index is 0.280. The number of halogens is 3. The highest BCUT2D eigenvalue weighted by Crippen LogP contribution is 2.44. The third kappa shape index (κ3) is 4.55. The van der Waals surface area contributed by atoms with E-state index in [1.807, 2.05) is 48.0 Å². The van der Waals surface area contributed by atoms with Crippen molar-refractivity contribution in [3.63, 3.8) is 0 Å². The molecule has 5 nitrogen and oxygen atoms in total. The summed E-state index contributed by atoms with van der Waals surface area (Å²) in [6, 6.07) is 11.8. The topological polar surface area (TPSA) is 49.2 Å². The average Bonchev–Trinajstić information content (AvgIpc) is 3.27. The fourth-order valence-corrected chi connectivity index (χ4v) is 3.78. The summed E-state index contributed by atoms with van der Waals surface area (Å²) in [5, 5.41) is 0. The monoisotopic (exact) mass is 453 g/mol. The van der Waals surface area contributed by atoms with Crippen LogP contribution in [-0.2, 0) is 12.7 Å². The van der Waals surface area contributed by atoms with Gasteiger partial charge >= 0.3 is 6.18 Å². The largest absolute Gasteiger partial charge is 0.496 e. The van der Waals surface area contributed by atoms with Crippen LogP contribution in [0.25, 0.3) is 22.5 Å². The van der Waals surface area contributed by atoms with Crippen molar-refractivity contribution in [3.8, 4) is 34.0 Å². The first kappa shape index (κ1) is 22.4. The summed E-state index contributed by atoms with van der Waals surface area (Å²) in [5.74, 6) is 0.804. The van der Waals surface area contributed by atoms with Gasteiger partial charge in [0.1, 0.15) is 17.3 Å². The molecule has 2 aromatic carbocycles. The van der Waals surface area contributed by atoms with E-state index in [4.69, 9.17) is 9.47 Å². The third-order valence-corrected chi connectivity index (χ3v) is 5.43. The Morgan fingerprint density at radius 2 is 1.61 bits per heavy atom. The highest BCUT2D eigenvalue weighted by molar-refractivity contribution is 5.76. The summed E-state index contributed by atoms with van der Waals surface area (Å²) in [6.45, 7) is 2.35. The van der Waals surface area contributed by atoms with Gasteiger partial charge in [-0.2, -0.15) is 13.2 Å². The van der Waals surface area contributed by atoms with Crippen molar-refractivity contribution in [3.05, 3.63) is 83.9 Å². The molecule has 33 heavy (non-hydrogen) atoms. The lowest BCUT2D eigenvalue weighted by molar-refractivity contribution is -0.138. The maximum atomic E-state index is 13.7. The van der Waals surface area contributed by atoms with Crippen LogP contribution in [0.15, 0.2) is 67.3 Å². The number of hydrogen-bond acceptors (Lipinski definition) is 4. The van der Waals surface area contributed by atoms with Gasteiger partial charge in [0.25, 0.3) is 0 Å². The summed E-state index contributed by atoms with van der Waals surface area (Å²) in [7, 11) is 2.64. The number of methoxy groups -OCH3 is 2. The molecule has 4 aromatic rings. The molecule has 170 valence electrons. The average molecular weight is 453 g/mol. The van der Waals surface area contributed by atoms with E-state index in [9.17, 15) is 13.2 Å². The molecule has 0 saturated heterocycles. The van der Waals surface area contributed by atoms with Crippen LogP contribution in [0.3, 0.4) is 0 Å². The highest BCUT2D eigenvalue weighted by atomic mass is 19.4. The summed E-state index contributed by atoms with van der Waals surface area (Å²) in [5.41, 5.74) is 2.83. The van der Waals surface area contributed by atoms with Crippen molar-refractivity contribution >= 4 is 0 Å². The second kappa shape index (κ2) is 8.97. The molecule has 0 aliphatic carbocycles. The van der Waals surface area contributed by atoms with Crippen molar-refractivity contribution in [2.24, 2.45) is 0 Å². The third-order valence-electron chi connectivity index (χ3n) is 5.43. The summed E-state index contributed by atoms with van der Waals surface area (Å²) >= 11 is 0. The molecule has 4 rings (SSSR count). The molecule has 0 saturated carbocycles. The molecule has 0 radical (unpaired) electrons. The maximum absolute atomic E-state index is 13.7. The predicted octanol–water partition coefficient (Wildman–Crippen LogP) is 6.00. The summed E-state index contributed by atoms with van der Waals surface area (Å²) in [6.07, 6.45) is 2.42. The van der Waals surface area contributed by atoms with Gasteiger partial charge in [-0.05, 0) is 47.9 Å². The van der Waals surface area contributed by atoms with E-state index in [-0.39, 0.29) is 5.75 Å². The van der Waals surface area contributed by atoms with E-state index in [1.54, 1.807) is 18.6 Å². The van der Waals surface area contributed by atoms with Crippen molar-refractivity contribution in [1.82, 2.24) is 14.5 Å². The number of ether oxygens (including phenoxy) is 2. The van der Waals surface area contributed by atoms with Crippen LogP contribution in [0.2, 0.25) is 0 Å². The van der Waals surface area contributed by atoms with Crippen LogP contribution in [0.1, 0.15) is 16.7 Å². The molecule has 2 aromatic heterocycles. The Hall–Kier alpha value is -3.81. The number of rotatable bonds is 6. The van der Waals surface area contributed by atoms with Gasteiger partial charge in [0, 0.05) is 48.5 Å². The van der Waals surface area contributed by atoms with Gasteiger partial charge in [-0.3, -0.25) is 4.98 Å². The first-order chi connectivity index (χ1) is 15.8. The minimum atomic E-state index is -4.56. The van der Waals surface area contributed by atoms with Crippen LogP contribution in [0, 0.1) is 6.92 Å². The second-order valence-electron chi connectivity index (χ2n) is 7.51. The van der Waals surface area contributed by atoms with Crippen LogP contribution in [0.4, 0.5) is 13.2 Å². The number of imidazole rings is 1. The molecule has 0 aliphatic heterocycles. The van der Waals surface area contributed by atoms with E-state index in [0.717, 1.165) is 28.6 Å². The van der Waals surface area contributed by atoms with Gasteiger partial charge in [0.2, 0.25) is 0 Å². The van der Waals surface area contributed by atoms with Crippen molar-refractivity contribution in [2.75, 3.05) is 14.2 Å². The molecule has 0 amide bonds. The number of benzene rings is 2. The predicted molar refractivity (Wildman–Crippen MR) is 119 cm³/mol. The van der Waals surface area contributed by atoms with Crippen LogP contribution in [0.5, 0.6) is 11.5 Å². The number of hydrogen-bond donors (Lipinski definition) is 0. The van der Waals surface area contributed by atoms with E-state index in [2.05, 4.69) is 9.97 Å². The van der Waals surface area contributed by atoms with Crippen LogP contribution in [-0.4, -0.2) is 28.8 Å². The number of aryl methyl sites for hydroxylation is 1. The minimum Gasteiger partial charge on any atom is -0.496 e. The van der Waals surface area contributed by atoms with Gasteiger partial charge in [0.05, 0.1) is 19.8 Å². The molecule has 2 heterocycles. The Kier molecular flexibility index (Phi) is 6.09. The molecule has 0 unspecified atom stereocenters. The molecule has 0 fully saturated rings. The zero-order chi connectivity index (χ0) is 23.6. The zero-order valence-electron chi connectivity index (χ0n) is 18.3. The first-order valence-electron chi connectivity index (χ1n) is 10.2. The number of aromatic nitrogens is 3. The van der Waals surface area contributed by atoms with Crippen molar-refractivity contribution in [2.45, 2.75) is 19.6 Å². The molecule has 0 bridgehead atoms. The Bertz CT molecular complexity index is 1270. The van der Waals surface area contributed by atoms with Crippen molar-refractivity contribution in [1.29, 1.82) is 0 Å². The van der Waals surface area contributed by atoms with Gasteiger partial charge in [-0.1, -0.05) is 12.1 Å².